The normalized spacial score (nSPS) is 20.5. The highest BCUT2D eigenvalue weighted by Gasteiger charge is 2.27. The molecule has 1 aromatic heterocycles. The van der Waals surface area contributed by atoms with Gasteiger partial charge in [-0.3, -0.25) is 0 Å². The average Bonchev–Trinajstić information content (AvgIpc) is 3.18. The maximum Gasteiger partial charge on any atom is 0.139 e. The minimum atomic E-state index is -0.569. The molecule has 0 radical (unpaired) electrons. The predicted molar refractivity (Wildman–Crippen MR) is 114 cm³/mol. The summed E-state index contributed by atoms with van der Waals surface area (Å²) in [6.07, 6.45) is 4.02. The van der Waals surface area contributed by atoms with Crippen LogP contribution in [0.4, 0.5) is 20.3 Å². The average molecular weight is 407 g/mol. The molecule has 3 heterocycles. The van der Waals surface area contributed by atoms with E-state index < -0.39 is 11.6 Å². The lowest BCUT2D eigenvalue weighted by molar-refractivity contribution is 0.478. The summed E-state index contributed by atoms with van der Waals surface area (Å²) in [6, 6.07) is 11.6. The van der Waals surface area contributed by atoms with Gasteiger partial charge in [0.25, 0.3) is 0 Å². The lowest BCUT2D eigenvalue weighted by Gasteiger charge is -2.24. The number of hydrogen-bond donors (Lipinski definition) is 3. The Kier molecular flexibility index (Phi) is 5.04. The largest absolute Gasteiger partial charge is 0.384 e. The number of halogens is 2. The third-order valence-corrected chi connectivity index (χ3v) is 5.81. The van der Waals surface area contributed by atoms with Gasteiger partial charge in [-0.05, 0) is 60.8 Å². The van der Waals surface area contributed by atoms with E-state index in [0.717, 1.165) is 43.0 Å². The smallest absolute Gasteiger partial charge is 0.139 e. The van der Waals surface area contributed by atoms with Crippen molar-refractivity contribution < 1.29 is 8.78 Å². The van der Waals surface area contributed by atoms with Crippen molar-refractivity contribution in [2.45, 2.75) is 24.8 Å². The third-order valence-electron chi connectivity index (χ3n) is 5.81. The first-order valence-corrected chi connectivity index (χ1v) is 10.3. The van der Waals surface area contributed by atoms with E-state index in [9.17, 15) is 8.78 Å². The Bertz CT molecular complexity index is 1040. The number of piperidine rings is 1. The van der Waals surface area contributed by atoms with Crippen LogP contribution in [0.3, 0.4) is 0 Å². The molecule has 0 spiro atoms. The van der Waals surface area contributed by atoms with Crippen molar-refractivity contribution in [2.75, 3.05) is 30.3 Å². The lowest BCUT2D eigenvalue weighted by atomic mass is 9.95. The molecule has 0 saturated carbocycles. The predicted octanol–water partition coefficient (Wildman–Crippen LogP) is 4.14. The van der Waals surface area contributed by atoms with E-state index in [4.69, 9.17) is 4.98 Å². The van der Waals surface area contributed by atoms with Crippen molar-refractivity contribution in [3.05, 3.63) is 71.7 Å². The van der Waals surface area contributed by atoms with Crippen LogP contribution in [-0.2, 0) is 0 Å². The van der Waals surface area contributed by atoms with Crippen molar-refractivity contribution in [3.63, 3.8) is 0 Å². The first kappa shape index (κ1) is 18.9. The van der Waals surface area contributed by atoms with Gasteiger partial charge in [0, 0.05) is 31.0 Å². The van der Waals surface area contributed by atoms with Crippen LogP contribution in [0, 0.1) is 11.6 Å². The molecule has 1 unspecified atom stereocenters. The van der Waals surface area contributed by atoms with Crippen LogP contribution in [0.15, 0.2) is 48.7 Å². The van der Waals surface area contributed by atoms with Crippen LogP contribution in [0.1, 0.15) is 30.1 Å². The Labute approximate surface area is 174 Å². The summed E-state index contributed by atoms with van der Waals surface area (Å²) in [6.45, 7) is 2.63. The van der Waals surface area contributed by atoms with Crippen molar-refractivity contribution in [3.8, 4) is 11.1 Å². The summed E-state index contributed by atoms with van der Waals surface area (Å²) in [5, 5.41) is 10.2. The van der Waals surface area contributed by atoms with Crippen molar-refractivity contribution in [1.82, 2.24) is 15.3 Å². The number of benzene rings is 2. The molecule has 0 bridgehead atoms. The number of aromatic nitrogens is 2. The van der Waals surface area contributed by atoms with Gasteiger partial charge in [0.05, 0.1) is 11.5 Å². The van der Waals surface area contributed by atoms with E-state index in [0.29, 0.717) is 24.0 Å². The topological polar surface area (TPSA) is 61.9 Å². The van der Waals surface area contributed by atoms with Crippen molar-refractivity contribution in [1.29, 1.82) is 0 Å². The molecule has 2 aromatic carbocycles. The number of hydrogen-bond acceptors (Lipinski definition) is 5. The highest BCUT2D eigenvalue weighted by atomic mass is 19.1. The molecule has 1 saturated heterocycles. The molecule has 2 aliphatic rings. The summed E-state index contributed by atoms with van der Waals surface area (Å²) in [5.41, 5.74) is 2.40. The molecular formula is C23H23F2N5. The maximum atomic E-state index is 14.3. The number of anilines is 2. The Balaban J connectivity index is 1.45. The summed E-state index contributed by atoms with van der Waals surface area (Å²) in [7, 11) is 0. The van der Waals surface area contributed by atoms with Crippen molar-refractivity contribution in [2.24, 2.45) is 0 Å². The standard InChI is InChI=1S/C23H23F2N5/c24-18-4-1-5-19(25)22(18)14-6-7-20-16(11-14)17(13-28-20)23-27-10-8-21(30-23)29-15-3-2-9-26-12-15/h1,4-8,10-11,15,17,26,28H,2-3,9,12-13H2,(H,27,29,30)/t15-,17?/m1/s1. The minimum absolute atomic E-state index is 0.00733. The number of nitrogens with zero attached hydrogens (tertiary/aromatic N) is 2. The maximum absolute atomic E-state index is 14.3. The van der Waals surface area contributed by atoms with Crippen LogP contribution < -0.4 is 16.0 Å². The highest BCUT2D eigenvalue weighted by molar-refractivity contribution is 5.72. The van der Waals surface area contributed by atoms with E-state index in [1.807, 2.05) is 18.2 Å². The van der Waals surface area contributed by atoms with Gasteiger partial charge in [0.1, 0.15) is 23.3 Å². The summed E-state index contributed by atoms with van der Waals surface area (Å²) in [4.78, 5) is 9.24. The SMILES string of the molecule is Fc1cccc(F)c1-c1ccc2c(c1)C(c1nccc(N[C@@H]3CCCNC3)n1)CN2. The van der Waals surface area contributed by atoms with Crippen LogP contribution in [0.2, 0.25) is 0 Å². The second-order valence-corrected chi connectivity index (χ2v) is 7.82. The molecule has 5 rings (SSSR count). The fraction of sp³-hybridized carbons (Fsp3) is 0.304. The van der Waals surface area contributed by atoms with E-state index >= 15 is 0 Å². The highest BCUT2D eigenvalue weighted by Crippen LogP contribution is 2.38. The van der Waals surface area contributed by atoms with Crippen LogP contribution in [0.25, 0.3) is 11.1 Å². The van der Waals surface area contributed by atoms with Crippen molar-refractivity contribution >= 4 is 11.5 Å². The molecular weight excluding hydrogens is 384 g/mol. The zero-order valence-corrected chi connectivity index (χ0v) is 16.5. The van der Waals surface area contributed by atoms with E-state index in [-0.39, 0.29) is 11.5 Å². The van der Waals surface area contributed by atoms with Gasteiger partial charge in [0.2, 0.25) is 0 Å². The van der Waals surface area contributed by atoms with E-state index in [1.54, 1.807) is 12.3 Å². The van der Waals surface area contributed by atoms with Gasteiger partial charge < -0.3 is 16.0 Å². The summed E-state index contributed by atoms with van der Waals surface area (Å²) >= 11 is 0. The van der Waals surface area contributed by atoms with Crippen LogP contribution in [-0.4, -0.2) is 35.6 Å². The monoisotopic (exact) mass is 407 g/mol. The summed E-state index contributed by atoms with van der Waals surface area (Å²) < 4.78 is 28.6. The molecule has 0 aliphatic carbocycles. The Morgan fingerprint density at radius 1 is 1.03 bits per heavy atom. The fourth-order valence-electron chi connectivity index (χ4n) is 4.30. The van der Waals surface area contributed by atoms with E-state index in [2.05, 4.69) is 20.9 Å². The first-order valence-electron chi connectivity index (χ1n) is 10.3. The van der Waals surface area contributed by atoms with Gasteiger partial charge in [-0.1, -0.05) is 12.1 Å². The molecule has 1 fully saturated rings. The minimum Gasteiger partial charge on any atom is -0.384 e. The number of nitrogens with one attached hydrogen (secondary N) is 3. The second kappa shape index (κ2) is 7.99. The van der Waals surface area contributed by atoms with Gasteiger partial charge in [-0.25, -0.2) is 18.7 Å². The Morgan fingerprint density at radius 2 is 1.90 bits per heavy atom. The molecule has 2 atom stereocenters. The first-order chi connectivity index (χ1) is 14.7. The quantitative estimate of drug-likeness (QED) is 0.607. The molecule has 3 N–H and O–H groups in total. The van der Waals surface area contributed by atoms with Gasteiger partial charge in [0.15, 0.2) is 0 Å². The zero-order valence-electron chi connectivity index (χ0n) is 16.5. The molecule has 3 aromatic rings. The van der Waals surface area contributed by atoms with E-state index in [1.165, 1.54) is 18.2 Å². The van der Waals surface area contributed by atoms with Gasteiger partial charge >= 0.3 is 0 Å². The fourth-order valence-corrected chi connectivity index (χ4v) is 4.30. The van der Waals surface area contributed by atoms with Crippen LogP contribution in [0.5, 0.6) is 0 Å². The molecule has 5 nitrogen and oxygen atoms in total. The van der Waals surface area contributed by atoms with Crippen LogP contribution >= 0.6 is 0 Å². The third kappa shape index (κ3) is 3.61. The van der Waals surface area contributed by atoms with Gasteiger partial charge in [-0.15, -0.1) is 0 Å². The molecule has 30 heavy (non-hydrogen) atoms. The molecule has 0 amide bonds. The Morgan fingerprint density at radius 3 is 2.70 bits per heavy atom. The second-order valence-electron chi connectivity index (χ2n) is 7.82. The number of fused-ring (bicyclic) bond motifs is 1. The molecule has 154 valence electrons. The number of rotatable bonds is 4. The zero-order chi connectivity index (χ0) is 20.5. The summed E-state index contributed by atoms with van der Waals surface area (Å²) in [5.74, 6) is 0.280. The lowest BCUT2D eigenvalue weighted by Crippen LogP contribution is -2.38. The molecule has 7 heteroatoms. The molecule has 2 aliphatic heterocycles. The van der Waals surface area contributed by atoms with Gasteiger partial charge in [-0.2, -0.15) is 0 Å². The Hall–Kier alpha value is -3.06.